The van der Waals surface area contributed by atoms with Gasteiger partial charge in [-0.3, -0.25) is 4.79 Å². The van der Waals surface area contributed by atoms with Crippen molar-refractivity contribution in [3.63, 3.8) is 0 Å². The minimum atomic E-state index is -1.67. The largest absolute Gasteiger partial charge is 0.457 e. The van der Waals surface area contributed by atoms with Crippen molar-refractivity contribution in [1.29, 1.82) is 0 Å². The molecular weight excluding hydrogens is 399 g/mol. The summed E-state index contributed by atoms with van der Waals surface area (Å²) < 4.78 is 30.6. The highest BCUT2D eigenvalue weighted by atomic mass is 32.2. The van der Waals surface area contributed by atoms with Crippen LogP contribution >= 0.6 is 11.8 Å². The number of thioether (sulfide) groups is 1. The van der Waals surface area contributed by atoms with Crippen molar-refractivity contribution in [2.75, 3.05) is 12.4 Å². The number of carbonyl (C=O) groups excluding carboxylic acids is 3. The van der Waals surface area contributed by atoms with Crippen LogP contribution in [-0.2, 0) is 19.0 Å². The molecule has 29 heavy (non-hydrogen) atoms. The summed E-state index contributed by atoms with van der Waals surface area (Å²) in [4.78, 5) is 34.7. The maximum atomic E-state index is 14.6. The Kier molecular flexibility index (Phi) is 6.53. The smallest absolute Gasteiger partial charge is 0.338 e. The summed E-state index contributed by atoms with van der Waals surface area (Å²) >= 11 is 0.936. The summed E-state index contributed by atoms with van der Waals surface area (Å²) in [6, 6.07) is 16.3. The fourth-order valence-corrected chi connectivity index (χ4v) is 4.19. The summed E-state index contributed by atoms with van der Waals surface area (Å²) in [6.45, 7) is 0.696. The molecule has 152 valence electrons. The molecule has 2 aromatic rings. The van der Waals surface area contributed by atoms with E-state index in [1.54, 1.807) is 48.5 Å². The Balaban J connectivity index is 1.79. The van der Waals surface area contributed by atoms with E-state index in [9.17, 15) is 18.8 Å². The lowest BCUT2D eigenvalue weighted by atomic mass is 10.1. The zero-order chi connectivity index (χ0) is 20.9. The summed E-state index contributed by atoms with van der Waals surface area (Å²) in [6.07, 6.45) is -3.02. The van der Waals surface area contributed by atoms with Crippen LogP contribution in [0.4, 0.5) is 4.39 Å². The molecule has 1 heterocycles. The number of hydrogen-bond acceptors (Lipinski definition) is 7. The first-order valence-electron chi connectivity index (χ1n) is 8.87. The highest BCUT2D eigenvalue weighted by Crippen LogP contribution is 2.43. The lowest BCUT2D eigenvalue weighted by Gasteiger charge is -2.32. The van der Waals surface area contributed by atoms with Crippen molar-refractivity contribution in [1.82, 2.24) is 0 Å². The lowest BCUT2D eigenvalue weighted by molar-refractivity contribution is -0.163. The van der Waals surface area contributed by atoms with Gasteiger partial charge in [-0.1, -0.05) is 36.4 Å². The van der Waals surface area contributed by atoms with Crippen molar-refractivity contribution in [3.8, 4) is 0 Å². The highest BCUT2D eigenvalue weighted by molar-refractivity contribution is 8.00. The van der Waals surface area contributed by atoms with Gasteiger partial charge in [0.1, 0.15) is 6.61 Å². The Morgan fingerprint density at radius 1 is 1.00 bits per heavy atom. The highest BCUT2D eigenvalue weighted by Gasteiger charge is 2.56. The van der Waals surface area contributed by atoms with Crippen LogP contribution < -0.4 is 0 Å². The Bertz CT molecular complexity index is 875. The Morgan fingerprint density at radius 2 is 1.55 bits per heavy atom. The predicted octanol–water partition coefficient (Wildman–Crippen LogP) is 3.41. The lowest BCUT2D eigenvalue weighted by Crippen LogP contribution is -2.49. The number of alkyl halides is 1. The number of ether oxygens (including phenoxy) is 3. The van der Waals surface area contributed by atoms with Crippen LogP contribution in [0, 0.1) is 0 Å². The first-order chi connectivity index (χ1) is 13.9. The molecule has 0 saturated carbocycles. The van der Waals surface area contributed by atoms with Gasteiger partial charge in [0.05, 0.1) is 11.1 Å². The van der Waals surface area contributed by atoms with Crippen molar-refractivity contribution in [3.05, 3.63) is 71.8 Å². The molecule has 0 unspecified atom stereocenters. The molecule has 6 nitrogen and oxygen atoms in total. The van der Waals surface area contributed by atoms with Crippen molar-refractivity contribution < 1.29 is 33.0 Å². The third kappa shape index (κ3) is 4.95. The third-order valence-corrected chi connectivity index (χ3v) is 5.63. The van der Waals surface area contributed by atoms with E-state index in [2.05, 4.69) is 0 Å². The minimum Gasteiger partial charge on any atom is -0.457 e. The van der Waals surface area contributed by atoms with E-state index >= 15 is 0 Å². The molecule has 8 heteroatoms. The fraction of sp³-hybridized carbons (Fsp3) is 0.286. The van der Waals surface area contributed by atoms with Gasteiger partial charge in [-0.05, 0) is 24.3 Å². The monoisotopic (exact) mass is 418 g/mol. The van der Waals surface area contributed by atoms with Gasteiger partial charge in [-0.25, -0.2) is 14.0 Å². The van der Waals surface area contributed by atoms with Gasteiger partial charge in [-0.2, -0.15) is 0 Å². The molecule has 0 N–H and O–H groups in total. The number of hydrogen-bond donors (Lipinski definition) is 0. The molecule has 0 bridgehead atoms. The Hall–Kier alpha value is -2.87. The standard InChI is InChI=1S/C21H19FO6S/c1-14(23)28-21(13-26-19(24)15-8-4-2-5-9-15)18(17(22)12-29-21)27-20(25)16-10-6-3-7-11-16/h2-11,17-18H,12-13H2,1H3/t17-,18+,21+/m1/s1. The van der Waals surface area contributed by atoms with E-state index in [1.165, 1.54) is 12.1 Å². The maximum absolute atomic E-state index is 14.6. The maximum Gasteiger partial charge on any atom is 0.338 e. The molecule has 0 radical (unpaired) electrons. The van der Waals surface area contributed by atoms with Gasteiger partial charge >= 0.3 is 17.9 Å². The third-order valence-electron chi connectivity index (χ3n) is 4.22. The molecule has 3 rings (SSSR count). The predicted molar refractivity (Wildman–Crippen MR) is 104 cm³/mol. The first-order valence-corrected chi connectivity index (χ1v) is 9.86. The van der Waals surface area contributed by atoms with Gasteiger partial charge in [0.25, 0.3) is 0 Å². The van der Waals surface area contributed by atoms with Gasteiger partial charge in [0.15, 0.2) is 12.3 Å². The van der Waals surface area contributed by atoms with Gasteiger partial charge in [0, 0.05) is 12.7 Å². The molecule has 2 aromatic carbocycles. The van der Waals surface area contributed by atoms with E-state index in [0.717, 1.165) is 18.7 Å². The van der Waals surface area contributed by atoms with Crippen molar-refractivity contribution in [2.45, 2.75) is 24.1 Å². The van der Waals surface area contributed by atoms with Gasteiger partial charge in [-0.15, -0.1) is 11.8 Å². The van der Waals surface area contributed by atoms with E-state index in [1.807, 2.05) is 0 Å². The van der Waals surface area contributed by atoms with Crippen LogP contribution in [0.5, 0.6) is 0 Å². The molecule has 1 aliphatic rings. The van der Waals surface area contributed by atoms with Crippen molar-refractivity contribution in [2.24, 2.45) is 0 Å². The number of rotatable bonds is 6. The van der Waals surface area contributed by atoms with E-state index < -0.39 is 41.7 Å². The van der Waals surface area contributed by atoms with E-state index in [0.29, 0.717) is 5.56 Å². The second-order valence-electron chi connectivity index (χ2n) is 6.37. The van der Waals surface area contributed by atoms with Crippen LogP contribution in [0.25, 0.3) is 0 Å². The fourth-order valence-electron chi connectivity index (χ4n) is 2.89. The quantitative estimate of drug-likeness (QED) is 0.525. The summed E-state index contributed by atoms with van der Waals surface area (Å²) in [5.41, 5.74) is 0.526. The average molecular weight is 418 g/mol. The van der Waals surface area contributed by atoms with E-state index in [4.69, 9.17) is 14.2 Å². The summed E-state index contributed by atoms with van der Waals surface area (Å²) in [5, 5.41) is 0. The summed E-state index contributed by atoms with van der Waals surface area (Å²) in [5.74, 6) is -2.20. The number of carbonyl (C=O) groups is 3. The molecule has 1 aliphatic heterocycles. The molecule has 3 atom stereocenters. The van der Waals surface area contributed by atoms with Gasteiger partial charge in [0.2, 0.25) is 4.93 Å². The van der Waals surface area contributed by atoms with Crippen LogP contribution in [0.1, 0.15) is 27.6 Å². The number of benzene rings is 2. The Labute approximate surface area is 171 Å². The topological polar surface area (TPSA) is 78.9 Å². The zero-order valence-electron chi connectivity index (χ0n) is 15.6. The normalized spacial score (nSPS) is 23.2. The van der Waals surface area contributed by atoms with E-state index in [-0.39, 0.29) is 11.3 Å². The number of halogens is 1. The SMILES string of the molecule is CC(=O)O[C@@]1(COC(=O)c2ccccc2)SC[C@@H](F)[C@@H]1OC(=O)c1ccccc1. The molecule has 1 fully saturated rings. The van der Waals surface area contributed by atoms with Crippen molar-refractivity contribution >= 4 is 29.7 Å². The molecule has 1 saturated heterocycles. The molecule has 0 amide bonds. The minimum absolute atomic E-state index is 0.0805. The number of esters is 3. The Morgan fingerprint density at radius 3 is 2.10 bits per heavy atom. The zero-order valence-corrected chi connectivity index (χ0v) is 16.4. The second kappa shape index (κ2) is 9.09. The summed E-state index contributed by atoms with van der Waals surface area (Å²) in [7, 11) is 0. The second-order valence-corrected chi connectivity index (χ2v) is 7.68. The van der Waals surface area contributed by atoms with Crippen LogP contribution in [0.15, 0.2) is 60.7 Å². The van der Waals surface area contributed by atoms with Gasteiger partial charge < -0.3 is 14.2 Å². The van der Waals surface area contributed by atoms with Crippen LogP contribution in [0.2, 0.25) is 0 Å². The van der Waals surface area contributed by atoms with Crippen LogP contribution in [-0.4, -0.2) is 47.5 Å². The average Bonchev–Trinajstić information content (AvgIpc) is 3.02. The molecule has 0 aromatic heterocycles. The molecule has 0 aliphatic carbocycles. The molecule has 0 spiro atoms. The van der Waals surface area contributed by atoms with Crippen LogP contribution in [0.3, 0.4) is 0 Å². The first kappa shape index (κ1) is 20.9. The molecular formula is C21H19FO6S.